The lowest BCUT2D eigenvalue weighted by atomic mass is 10.3. The molecule has 6 heteroatoms. The molecule has 2 aromatic rings. The van der Waals surface area contributed by atoms with E-state index in [0.717, 1.165) is 10.8 Å². The Kier molecular flexibility index (Phi) is 5.52. The molecular formula is C14H16N2O3S. The van der Waals surface area contributed by atoms with Crippen molar-refractivity contribution in [3.63, 3.8) is 0 Å². The van der Waals surface area contributed by atoms with Gasteiger partial charge in [-0.3, -0.25) is 0 Å². The molecule has 1 aromatic carbocycles. The maximum atomic E-state index is 11.7. The number of para-hydroxylation sites is 1. The summed E-state index contributed by atoms with van der Waals surface area (Å²) in [6.07, 6.45) is 0.676. The predicted molar refractivity (Wildman–Crippen MR) is 77.1 cm³/mol. The highest BCUT2D eigenvalue weighted by Gasteiger charge is 2.11. The molecule has 2 N–H and O–H groups in total. The molecule has 0 amide bonds. The zero-order valence-corrected chi connectivity index (χ0v) is 11.8. The van der Waals surface area contributed by atoms with Crippen LogP contribution in [-0.4, -0.2) is 30.7 Å². The zero-order chi connectivity index (χ0) is 14.2. The Morgan fingerprint density at radius 2 is 2.05 bits per heavy atom. The Morgan fingerprint density at radius 1 is 1.25 bits per heavy atom. The van der Waals surface area contributed by atoms with Crippen LogP contribution in [0.2, 0.25) is 0 Å². The number of hydrogen-bond donors (Lipinski definition) is 1. The van der Waals surface area contributed by atoms with E-state index < -0.39 is 5.97 Å². The van der Waals surface area contributed by atoms with E-state index >= 15 is 0 Å². The number of nitrogens with zero attached hydrogens (tertiary/aromatic N) is 1. The van der Waals surface area contributed by atoms with Crippen LogP contribution in [0.4, 0.5) is 0 Å². The minimum Gasteiger partial charge on any atom is -0.490 e. The number of nitrogens with two attached hydrogens (primary N) is 1. The summed E-state index contributed by atoms with van der Waals surface area (Å²) in [5, 5.41) is 2.53. The van der Waals surface area contributed by atoms with Crippen LogP contribution in [0.5, 0.6) is 5.75 Å². The quantitative estimate of drug-likeness (QED) is 0.623. The molecule has 1 heterocycles. The Labute approximate surface area is 121 Å². The normalized spacial score (nSPS) is 10.2. The molecule has 0 radical (unpaired) electrons. The highest BCUT2D eigenvalue weighted by Crippen LogP contribution is 2.11. The average Bonchev–Trinajstić information content (AvgIpc) is 2.94. The Morgan fingerprint density at radius 3 is 2.80 bits per heavy atom. The Balaban J connectivity index is 1.72. The first kappa shape index (κ1) is 14.5. The van der Waals surface area contributed by atoms with Crippen LogP contribution in [0.25, 0.3) is 0 Å². The summed E-state index contributed by atoms with van der Waals surface area (Å²) in [5.41, 5.74) is 5.77. The number of esters is 1. The van der Waals surface area contributed by atoms with Gasteiger partial charge in [0.15, 0.2) is 5.69 Å². The van der Waals surface area contributed by atoms with Gasteiger partial charge in [-0.1, -0.05) is 18.2 Å². The van der Waals surface area contributed by atoms with Crippen molar-refractivity contribution in [2.75, 3.05) is 19.8 Å². The lowest BCUT2D eigenvalue weighted by Crippen LogP contribution is -2.13. The van der Waals surface area contributed by atoms with Gasteiger partial charge in [-0.25, -0.2) is 9.78 Å². The van der Waals surface area contributed by atoms with Crippen LogP contribution >= 0.6 is 11.3 Å². The first-order chi connectivity index (χ1) is 9.79. The van der Waals surface area contributed by atoms with Crippen LogP contribution in [0.1, 0.15) is 15.5 Å². The average molecular weight is 292 g/mol. The molecule has 0 fully saturated rings. The van der Waals surface area contributed by atoms with Crippen molar-refractivity contribution < 1.29 is 14.3 Å². The molecule has 0 spiro atoms. The standard InChI is InChI=1S/C14H16N2O3S/c15-7-6-13-16-12(10-20-13)14(17)19-9-8-18-11-4-2-1-3-5-11/h1-5,10H,6-9,15H2. The van der Waals surface area contributed by atoms with E-state index in [4.69, 9.17) is 15.2 Å². The summed E-state index contributed by atoms with van der Waals surface area (Å²) >= 11 is 1.42. The number of hydrogen-bond acceptors (Lipinski definition) is 6. The van der Waals surface area contributed by atoms with Gasteiger partial charge >= 0.3 is 5.97 Å². The second-order valence-electron chi connectivity index (χ2n) is 3.96. The van der Waals surface area contributed by atoms with Gasteiger partial charge in [0, 0.05) is 11.8 Å². The smallest absolute Gasteiger partial charge is 0.357 e. The first-order valence-electron chi connectivity index (χ1n) is 6.29. The molecule has 0 aliphatic rings. The molecule has 0 saturated carbocycles. The second kappa shape index (κ2) is 7.62. The molecule has 2 rings (SSSR count). The summed E-state index contributed by atoms with van der Waals surface area (Å²) in [6, 6.07) is 9.38. The van der Waals surface area contributed by atoms with Crippen LogP contribution in [0.3, 0.4) is 0 Å². The second-order valence-corrected chi connectivity index (χ2v) is 4.91. The molecule has 0 bridgehead atoms. The minimum absolute atomic E-state index is 0.192. The van der Waals surface area contributed by atoms with Crippen LogP contribution < -0.4 is 10.5 Å². The molecule has 1 aromatic heterocycles. The van der Waals surface area contributed by atoms with Crippen LogP contribution in [0, 0.1) is 0 Å². The largest absolute Gasteiger partial charge is 0.490 e. The molecule has 0 unspecified atom stereocenters. The third kappa shape index (κ3) is 4.32. The van der Waals surface area contributed by atoms with Crippen LogP contribution in [-0.2, 0) is 11.2 Å². The topological polar surface area (TPSA) is 74.4 Å². The van der Waals surface area contributed by atoms with Gasteiger partial charge in [-0.15, -0.1) is 11.3 Å². The van der Waals surface area contributed by atoms with E-state index in [0.29, 0.717) is 25.3 Å². The van der Waals surface area contributed by atoms with Gasteiger partial charge in [0.2, 0.25) is 0 Å². The van der Waals surface area contributed by atoms with Gasteiger partial charge in [0.25, 0.3) is 0 Å². The predicted octanol–water partition coefficient (Wildman–Crippen LogP) is 1.88. The fourth-order valence-corrected chi connectivity index (χ4v) is 2.31. The summed E-state index contributed by atoms with van der Waals surface area (Å²) < 4.78 is 10.5. The van der Waals surface area contributed by atoms with Crippen molar-refractivity contribution in [1.29, 1.82) is 0 Å². The summed E-state index contributed by atoms with van der Waals surface area (Å²) in [5.74, 6) is 0.323. The van der Waals surface area contributed by atoms with E-state index in [1.54, 1.807) is 5.38 Å². The third-order valence-electron chi connectivity index (χ3n) is 2.45. The van der Waals surface area contributed by atoms with Gasteiger partial charge in [0.1, 0.15) is 19.0 Å². The molecule has 0 aliphatic heterocycles. The molecule has 0 aliphatic carbocycles. The van der Waals surface area contributed by atoms with E-state index in [-0.39, 0.29) is 6.61 Å². The van der Waals surface area contributed by atoms with Crippen LogP contribution in [0.15, 0.2) is 35.7 Å². The SMILES string of the molecule is NCCc1nc(C(=O)OCCOc2ccccc2)cs1. The summed E-state index contributed by atoms with van der Waals surface area (Å²) in [6.45, 7) is 1.03. The Bertz CT molecular complexity index is 542. The highest BCUT2D eigenvalue weighted by atomic mass is 32.1. The van der Waals surface area contributed by atoms with Crippen molar-refractivity contribution in [2.24, 2.45) is 5.73 Å². The monoisotopic (exact) mass is 292 g/mol. The third-order valence-corrected chi connectivity index (χ3v) is 3.36. The number of benzene rings is 1. The number of carbonyl (C=O) groups is 1. The van der Waals surface area contributed by atoms with E-state index in [2.05, 4.69) is 4.98 Å². The molecule has 106 valence electrons. The molecule has 0 atom stereocenters. The minimum atomic E-state index is -0.429. The van der Waals surface area contributed by atoms with Crippen molar-refractivity contribution in [3.8, 4) is 5.75 Å². The van der Waals surface area contributed by atoms with Gasteiger partial charge in [0.05, 0.1) is 5.01 Å². The van der Waals surface area contributed by atoms with Crippen molar-refractivity contribution in [3.05, 3.63) is 46.4 Å². The van der Waals surface area contributed by atoms with E-state index in [9.17, 15) is 4.79 Å². The van der Waals surface area contributed by atoms with Crippen molar-refractivity contribution in [2.45, 2.75) is 6.42 Å². The van der Waals surface area contributed by atoms with Gasteiger partial charge in [-0.2, -0.15) is 0 Å². The lowest BCUT2D eigenvalue weighted by molar-refractivity contribution is 0.0444. The molecule has 5 nitrogen and oxygen atoms in total. The summed E-state index contributed by atoms with van der Waals surface area (Å²) in [4.78, 5) is 15.9. The highest BCUT2D eigenvalue weighted by molar-refractivity contribution is 7.09. The number of aromatic nitrogens is 1. The number of carbonyl (C=O) groups excluding carboxylic acids is 1. The molecule has 20 heavy (non-hydrogen) atoms. The fraction of sp³-hybridized carbons (Fsp3) is 0.286. The maximum absolute atomic E-state index is 11.7. The number of thiazole rings is 1. The zero-order valence-electron chi connectivity index (χ0n) is 11.0. The summed E-state index contributed by atoms with van der Waals surface area (Å²) in [7, 11) is 0. The van der Waals surface area contributed by atoms with Gasteiger partial charge in [-0.05, 0) is 18.7 Å². The van der Waals surface area contributed by atoms with Gasteiger partial charge < -0.3 is 15.2 Å². The fourth-order valence-electron chi connectivity index (χ4n) is 1.53. The number of rotatable bonds is 7. The van der Waals surface area contributed by atoms with Crippen molar-refractivity contribution in [1.82, 2.24) is 4.98 Å². The van der Waals surface area contributed by atoms with E-state index in [1.165, 1.54) is 11.3 Å². The first-order valence-corrected chi connectivity index (χ1v) is 7.17. The molecule has 0 saturated heterocycles. The molecular weight excluding hydrogens is 276 g/mol. The number of ether oxygens (including phenoxy) is 2. The van der Waals surface area contributed by atoms with E-state index in [1.807, 2.05) is 30.3 Å². The van der Waals surface area contributed by atoms with Crippen molar-refractivity contribution >= 4 is 17.3 Å². The Hall–Kier alpha value is -1.92. The maximum Gasteiger partial charge on any atom is 0.357 e. The lowest BCUT2D eigenvalue weighted by Gasteiger charge is -2.06.